The predicted molar refractivity (Wildman–Crippen MR) is 121 cm³/mol. The van der Waals surface area contributed by atoms with Gasteiger partial charge in [-0.3, -0.25) is 4.79 Å². The van der Waals surface area contributed by atoms with Crippen molar-refractivity contribution in [3.63, 3.8) is 0 Å². The lowest BCUT2D eigenvalue weighted by Gasteiger charge is -2.43. The number of carbonyl (C=O) groups excluding carboxylic acids is 1. The van der Waals surface area contributed by atoms with Crippen LogP contribution in [-0.4, -0.2) is 37.1 Å². The summed E-state index contributed by atoms with van der Waals surface area (Å²) in [5, 5.41) is 0.569. The first kappa shape index (κ1) is 25.5. The van der Waals surface area contributed by atoms with E-state index in [0.717, 1.165) is 30.5 Å². The number of halogens is 4. The second-order valence-corrected chi connectivity index (χ2v) is 8.93. The molecule has 2 aromatic rings. The lowest BCUT2D eigenvalue weighted by Crippen LogP contribution is -2.55. The van der Waals surface area contributed by atoms with E-state index in [1.165, 1.54) is 6.07 Å². The monoisotopic (exact) mass is 483 g/mol. The Morgan fingerprint density at radius 3 is 2.64 bits per heavy atom. The molecule has 0 saturated carbocycles. The molecule has 8 heteroatoms. The van der Waals surface area contributed by atoms with Crippen LogP contribution in [0.15, 0.2) is 48.5 Å². The van der Waals surface area contributed by atoms with Crippen LogP contribution in [0.25, 0.3) is 0 Å². The second kappa shape index (κ2) is 10.9. The van der Waals surface area contributed by atoms with Crippen LogP contribution in [0.3, 0.4) is 0 Å². The van der Waals surface area contributed by atoms with Crippen molar-refractivity contribution in [3.8, 4) is 0 Å². The van der Waals surface area contributed by atoms with E-state index >= 15 is 0 Å². The van der Waals surface area contributed by atoms with Crippen LogP contribution in [0, 0.1) is 5.92 Å². The summed E-state index contributed by atoms with van der Waals surface area (Å²) in [5.41, 5.74) is -0.439. The van der Waals surface area contributed by atoms with Crippen LogP contribution in [0.1, 0.15) is 43.4 Å². The number of hydrogen-bond donors (Lipinski definition) is 0. The third kappa shape index (κ3) is 6.49. The first-order chi connectivity index (χ1) is 15.6. The van der Waals surface area contributed by atoms with Crippen molar-refractivity contribution in [2.24, 2.45) is 5.92 Å². The molecule has 4 nitrogen and oxygen atoms in total. The van der Waals surface area contributed by atoms with Gasteiger partial charge in [-0.15, -0.1) is 0 Å². The zero-order chi connectivity index (χ0) is 24.1. The molecule has 0 aliphatic carbocycles. The van der Waals surface area contributed by atoms with E-state index in [1.54, 1.807) is 23.1 Å². The molecule has 0 bridgehead atoms. The highest BCUT2D eigenvalue weighted by Gasteiger charge is 2.41. The fourth-order valence-electron chi connectivity index (χ4n) is 4.11. The van der Waals surface area contributed by atoms with Gasteiger partial charge in [0.1, 0.15) is 5.60 Å². The highest BCUT2D eigenvalue weighted by molar-refractivity contribution is 6.30. The molecule has 2 atom stereocenters. The molecule has 1 aliphatic heterocycles. The molecule has 3 rings (SSSR count). The number of rotatable bonds is 8. The molecule has 1 fully saturated rings. The molecule has 1 saturated heterocycles. The Hall–Kier alpha value is -2.09. The van der Waals surface area contributed by atoms with Crippen molar-refractivity contribution in [1.29, 1.82) is 0 Å². The van der Waals surface area contributed by atoms with Gasteiger partial charge in [-0.25, -0.2) is 0 Å². The van der Waals surface area contributed by atoms with E-state index in [1.807, 2.05) is 26.0 Å². The van der Waals surface area contributed by atoms with Crippen LogP contribution in [-0.2, 0) is 32.7 Å². The molecule has 1 heterocycles. The summed E-state index contributed by atoms with van der Waals surface area (Å²) < 4.78 is 51.1. The summed E-state index contributed by atoms with van der Waals surface area (Å²) >= 11 is 6.06. The lowest BCUT2D eigenvalue weighted by molar-refractivity contribution is -0.170. The van der Waals surface area contributed by atoms with Crippen molar-refractivity contribution in [3.05, 3.63) is 70.2 Å². The van der Waals surface area contributed by atoms with E-state index in [0.29, 0.717) is 30.3 Å². The SMILES string of the molecule is CCCC(C)C(=O)N1CCOC(COCc2cccc(C(F)(F)F)c2)(c2ccc(Cl)cc2)C1. The summed E-state index contributed by atoms with van der Waals surface area (Å²) in [5.74, 6) is -0.0292. The Morgan fingerprint density at radius 1 is 1.24 bits per heavy atom. The van der Waals surface area contributed by atoms with Crippen molar-refractivity contribution >= 4 is 17.5 Å². The van der Waals surface area contributed by atoms with Crippen LogP contribution in [0.4, 0.5) is 13.2 Å². The molecule has 0 spiro atoms. The largest absolute Gasteiger partial charge is 0.416 e. The van der Waals surface area contributed by atoms with Gasteiger partial charge in [0.15, 0.2) is 0 Å². The van der Waals surface area contributed by atoms with Crippen molar-refractivity contribution in [2.45, 2.75) is 45.1 Å². The molecule has 0 N–H and O–H groups in total. The molecule has 1 aliphatic rings. The van der Waals surface area contributed by atoms with Gasteiger partial charge in [-0.05, 0) is 41.8 Å². The van der Waals surface area contributed by atoms with E-state index in [2.05, 4.69) is 0 Å². The normalized spacial score (nSPS) is 20.0. The van der Waals surface area contributed by atoms with Crippen molar-refractivity contribution < 1.29 is 27.4 Å². The molecule has 0 aromatic heterocycles. The van der Waals surface area contributed by atoms with Crippen LogP contribution >= 0.6 is 11.6 Å². The van der Waals surface area contributed by atoms with E-state index in [-0.39, 0.29) is 25.0 Å². The Labute approximate surface area is 197 Å². The summed E-state index contributed by atoms with van der Waals surface area (Å²) in [6.07, 6.45) is -2.70. The molecule has 2 unspecified atom stereocenters. The van der Waals surface area contributed by atoms with Gasteiger partial charge >= 0.3 is 6.18 Å². The predicted octanol–water partition coefficient (Wildman–Crippen LogP) is 6.07. The maximum Gasteiger partial charge on any atom is 0.416 e. The number of benzene rings is 2. The third-order valence-electron chi connectivity index (χ3n) is 5.87. The maximum atomic E-state index is 13.0. The van der Waals surface area contributed by atoms with Gasteiger partial charge in [0.05, 0.1) is 31.9 Å². The van der Waals surface area contributed by atoms with Gasteiger partial charge < -0.3 is 14.4 Å². The second-order valence-electron chi connectivity index (χ2n) is 8.49. The molecule has 33 heavy (non-hydrogen) atoms. The van der Waals surface area contributed by atoms with E-state index in [9.17, 15) is 18.0 Å². The zero-order valence-electron chi connectivity index (χ0n) is 18.8. The quantitative estimate of drug-likeness (QED) is 0.457. The van der Waals surface area contributed by atoms with Gasteiger partial charge in [0.2, 0.25) is 5.91 Å². The topological polar surface area (TPSA) is 38.8 Å². The minimum Gasteiger partial charge on any atom is -0.373 e. The Balaban J connectivity index is 1.79. The van der Waals surface area contributed by atoms with Crippen molar-refractivity contribution in [1.82, 2.24) is 4.90 Å². The van der Waals surface area contributed by atoms with Crippen molar-refractivity contribution in [2.75, 3.05) is 26.3 Å². The lowest BCUT2D eigenvalue weighted by atomic mass is 9.91. The summed E-state index contributed by atoms with van der Waals surface area (Å²) in [4.78, 5) is 14.8. The number of amides is 1. The fraction of sp³-hybridized carbons (Fsp3) is 0.480. The Morgan fingerprint density at radius 2 is 1.97 bits per heavy atom. The standard InChI is InChI=1S/C25H29ClF3NO3/c1-3-5-18(2)23(31)30-12-13-33-24(16-30,20-8-10-22(26)11-9-20)17-32-15-19-6-4-7-21(14-19)25(27,28)29/h4,6-11,14,18H,3,5,12-13,15-17H2,1-2H3. The average Bonchev–Trinajstić information content (AvgIpc) is 2.79. The molecule has 180 valence electrons. The Bertz CT molecular complexity index is 935. The zero-order valence-corrected chi connectivity index (χ0v) is 19.6. The van der Waals surface area contributed by atoms with Gasteiger partial charge in [0, 0.05) is 17.5 Å². The highest BCUT2D eigenvalue weighted by Crippen LogP contribution is 2.33. The number of ether oxygens (including phenoxy) is 2. The third-order valence-corrected chi connectivity index (χ3v) is 6.12. The van der Waals surface area contributed by atoms with E-state index in [4.69, 9.17) is 21.1 Å². The summed E-state index contributed by atoms with van der Waals surface area (Å²) in [6.45, 7) is 5.15. The first-order valence-corrected chi connectivity index (χ1v) is 11.4. The molecular formula is C25H29ClF3NO3. The number of nitrogens with zero attached hydrogens (tertiary/aromatic N) is 1. The highest BCUT2D eigenvalue weighted by atomic mass is 35.5. The van der Waals surface area contributed by atoms with Crippen LogP contribution in [0.2, 0.25) is 5.02 Å². The minimum atomic E-state index is -4.41. The smallest absolute Gasteiger partial charge is 0.373 e. The molecule has 1 amide bonds. The van der Waals surface area contributed by atoms with Crippen LogP contribution in [0.5, 0.6) is 0 Å². The summed E-state index contributed by atoms with van der Waals surface area (Å²) in [7, 11) is 0. The number of hydrogen-bond acceptors (Lipinski definition) is 3. The van der Waals surface area contributed by atoms with Gasteiger partial charge in [0.25, 0.3) is 0 Å². The van der Waals surface area contributed by atoms with Gasteiger partial charge in [-0.2, -0.15) is 13.2 Å². The fourth-order valence-corrected chi connectivity index (χ4v) is 4.24. The molecule has 2 aromatic carbocycles. The van der Waals surface area contributed by atoms with E-state index < -0.39 is 17.3 Å². The molecular weight excluding hydrogens is 455 g/mol. The number of morpholine rings is 1. The Kier molecular flexibility index (Phi) is 8.43. The number of alkyl halides is 3. The first-order valence-electron chi connectivity index (χ1n) is 11.1. The summed E-state index contributed by atoms with van der Waals surface area (Å²) in [6, 6.07) is 12.2. The molecule has 0 radical (unpaired) electrons. The number of carbonyl (C=O) groups is 1. The van der Waals surface area contributed by atoms with Crippen LogP contribution < -0.4 is 0 Å². The average molecular weight is 484 g/mol. The minimum absolute atomic E-state index is 0.0111. The maximum absolute atomic E-state index is 13.0. The van der Waals surface area contributed by atoms with Gasteiger partial charge in [-0.1, -0.05) is 56.1 Å².